The van der Waals surface area contributed by atoms with E-state index >= 15 is 0 Å². The Labute approximate surface area is 152 Å². The Hall–Kier alpha value is -2.68. The summed E-state index contributed by atoms with van der Waals surface area (Å²) in [4.78, 5) is 8.69. The summed E-state index contributed by atoms with van der Waals surface area (Å²) in [7, 11) is 1.47. The zero-order valence-corrected chi connectivity index (χ0v) is 14.7. The fourth-order valence-electron chi connectivity index (χ4n) is 3.42. The maximum absolute atomic E-state index is 12.9. The first-order chi connectivity index (χ1) is 12.8. The predicted octanol–water partition coefficient (Wildman–Crippen LogP) is 3.19. The molecular formula is C18H17F3N4O2. The summed E-state index contributed by atoms with van der Waals surface area (Å²) in [6, 6.07) is 5.12. The lowest BCUT2D eigenvalue weighted by molar-refractivity contribution is -0.137. The molecule has 1 aliphatic carbocycles. The van der Waals surface area contributed by atoms with E-state index in [0.29, 0.717) is 41.3 Å². The van der Waals surface area contributed by atoms with Crippen molar-refractivity contribution in [3.05, 3.63) is 46.9 Å². The van der Waals surface area contributed by atoms with Gasteiger partial charge in [-0.1, -0.05) is 12.1 Å². The molecule has 0 spiro atoms. The molecule has 0 saturated heterocycles. The molecule has 0 radical (unpaired) electrons. The molecule has 0 unspecified atom stereocenters. The Morgan fingerprint density at radius 1 is 1.19 bits per heavy atom. The van der Waals surface area contributed by atoms with E-state index in [0.717, 1.165) is 17.7 Å². The number of halogens is 3. The van der Waals surface area contributed by atoms with E-state index < -0.39 is 17.3 Å². The van der Waals surface area contributed by atoms with Gasteiger partial charge in [-0.15, -0.1) is 0 Å². The second-order valence-corrected chi connectivity index (χ2v) is 6.60. The van der Waals surface area contributed by atoms with Crippen LogP contribution in [-0.4, -0.2) is 32.0 Å². The summed E-state index contributed by atoms with van der Waals surface area (Å²) in [6.07, 6.45) is -2.95. The highest BCUT2D eigenvalue weighted by Crippen LogP contribution is 2.51. The van der Waals surface area contributed by atoms with Crippen LogP contribution >= 0.6 is 0 Å². The van der Waals surface area contributed by atoms with Crippen molar-refractivity contribution in [1.29, 1.82) is 0 Å². The van der Waals surface area contributed by atoms with Crippen molar-refractivity contribution >= 4 is 11.0 Å². The van der Waals surface area contributed by atoms with Crippen LogP contribution < -0.4 is 4.74 Å². The molecule has 2 heterocycles. The Kier molecular flexibility index (Phi) is 3.88. The molecule has 1 fully saturated rings. The van der Waals surface area contributed by atoms with Crippen LogP contribution in [0.1, 0.15) is 35.5 Å². The molecule has 1 aromatic carbocycles. The van der Waals surface area contributed by atoms with Crippen LogP contribution in [0.5, 0.6) is 5.88 Å². The number of rotatable bonds is 4. The molecular weight excluding hydrogens is 361 g/mol. The number of aryl methyl sites for hydroxylation is 1. The normalized spacial score (nSPS) is 15.9. The summed E-state index contributed by atoms with van der Waals surface area (Å²) in [5.41, 5.74) is 0.324. The van der Waals surface area contributed by atoms with Crippen LogP contribution in [0.3, 0.4) is 0 Å². The third-order valence-electron chi connectivity index (χ3n) is 4.90. The van der Waals surface area contributed by atoms with E-state index in [-0.39, 0.29) is 6.61 Å². The van der Waals surface area contributed by atoms with Crippen molar-refractivity contribution < 1.29 is 23.0 Å². The molecule has 3 aromatic rings. The number of fused-ring (bicyclic) bond motifs is 1. The van der Waals surface area contributed by atoms with Gasteiger partial charge in [-0.05, 0) is 37.5 Å². The van der Waals surface area contributed by atoms with Gasteiger partial charge in [0.15, 0.2) is 5.65 Å². The molecule has 0 aliphatic heterocycles. The summed E-state index contributed by atoms with van der Waals surface area (Å²) < 4.78 is 45.6. The molecule has 2 aromatic heterocycles. The lowest BCUT2D eigenvalue weighted by Crippen LogP contribution is -2.21. The van der Waals surface area contributed by atoms with E-state index in [1.54, 1.807) is 11.6 Å². The number of aliphatic hydroxyl groups excluding tert-OH is 1. The Bertz CT molecular complexity index is 1010. The number of aromatic nitrogens is 4. The fourth-order valence-corrected chi connectivity index (χ4v) is 3.42. The SMILES string of the molecule is COc1nc(C)nc2c1c(CO)nn2C1(c2ccc(C(F)(F)F)cc2)CC1. The molecule has 4 rings (SSSR count). The predicted molar refractivity (Wildman–Crippen MR) is 90.3 cm³/mol. The highest BCUT2D eigenvalue weighted by atomic mass is 19.4. The monoisotopic (exact) mass is 378 g/mol. The number of hydrogen-bond donors (Lipinski definition) is 1. The Morgan fingerprint density at radius 2 is 1.85 bits per heavy atom. The van der Waals surface area contributed by atoms with Crippen molar-refractivity contribution in [1.82, 2.24) is 19.7 Å². The van der Waals surface area contributed by atoms with Crippen molar-refractivity contribution in [3.8, 4) is 5.88 Å². The van der Waals surface area contributed by atoms with Crippen molar-refractivity contribution in [2.24, 2.45) is 0 Å². The number of methoxy groups -OCH3 is 1. The van der Waals surface area contributed by atoms with E-state index in [1.165, 1.54) is 19.2 Å². The molecule has 6 nitrogen and oxygen atoms in total. The first kappa shape index (κ1) is 17.7. The summed E-state index contributed by atoms with van der Waals surface area (Å²) >= 11 is 0. The molecule has 142 valence electrons. The Balaban J connectivity index is 1.88. The minimum Gasteiger partial charge on any atom is -0.480 e. The van der Waals surface area contributed by atoms with Gasteiger partial charge in [0.1, 0.15) is 16.9 Å². The Morgan fingerprint density at radius 3 is 2.37 bits per heavy atom. The van der Waals surface area contributed by atoms with Crippen LogP contribution in [0.2, 0.25) is 0 Å². The first-order valence-electron chi connectivity index (χ1n) is 8.39. The number of nitrogens with zero attached hydrogens (tertiary/aromatic N) is 4. The third kappa shape index (κ3) is 2.73. The van der Waals surface area contributed by atoms with Gasteiger partial charge in [0.2, 0.25) is 5.88 Å². The minimum absolute atomic E-state index is 0.316. The number of benzene rings is 1. The average molecular weight is 378 g/mol. The zero-order valence-electron chi connectivity index (χ0n) is 14.7. The fraction of sp³-hybridized carbons (Fsp3) is 0.389. The molecule has 0 bridgehead atoms. The maximum atomic E-state index is 12.9. The van der Waals surface area contributed by atoms with Crippen LogP contribution in [0.25, 0.3) is 11.0 Å². The topological polar surface area (TPSA) is 73.1 Å². The van der Waals surface area contributed by atoms with Gasteiger partial charge >= 0.3 is 6.18 Å². The molecule has 0 atom stereocenters. The van der Waals surface area contributed by atoms with Crippen LogP contribution in [0, 0.1) is 6.92 Å². The third-order valence-corrected chi connectivity index (χ3v) is 4.90. The highest BCUT2D eigenvalue weighted by molar-refractivity contribution is 5.84. The number of alkyl halides is 3. The summed E-state index contributed by atoms with van der Waals surface area (Å²) in [6.45, 7) is 1.39. The summed E-state index contributed by atoms with van der Waals surface area (Å²) in [5, 5.41) is 14.7. The number of hydrogen-bond acceptors (Lipinski definition) is 5. The molecule has 0 amide bonds. The molecule has 1 saturated carbocycles. The minimum atomic E-state index is -4.38. The second kappa shape index (κ2) is 5.91. The van der Waals surface area contributed by atoms with E-state index in [2.05, 4.69) is 15.1 Å². The standard InChI is InChI=1S/C18H17F3N4O2/c1-10-22-15-14(16(23-10)27-2)13(9-26)24-25(15)17(7-8-17)11-3-5-12(6-4-11)18(19,20)21/h3-6,26H,7-9H2,1-2H3. The molecule has 9 heteroatoms. The zero-order chi connectivity index (χ0) is 19.4. The van der Waals surface area contributed by atoms with Gasteiger partial charge in [0, 0.05) is 0 Å². The van der Waals surface area contributed by atoms with Gasteiger partial charge in [0.05, 0.1) is 24.8 Å². The van der Waals surface area contributed by atoms with Crippen molar-refractivity contribution in [2.75, 3.05) is 7.11 Å². The lowest BCUT2D eigenvalue weighted by Gasteiger charge is -2.18. The number of ether oxygens (including phenoxy) is 1. The van der Waals surface area contributed by atoms with Crippen LogP contribution in [0.4, 0.5) is 13.2 Å². The average Bonchev–Trinajstić information content (AvgIpc) is 3.36. The van der Waals surface area contributed by atoms with E-state index in [9.17, 15) is 18.3 Å². The van der Waals surface area contributed by atoms with Gasteiger partial charge < -0.3 is 9.84 Å². The highest BCUT2D eigenvalue weighted by Gasteiger charge is 2.49. The van der Waals surface area contributed by atoms with Crippen molar-refractivity contribution in [3.63, 3.8) is 0 Å². The number of aliphatic hydroxyl groups is 1. The molecule has 1 aliphatic rings. The maximum Gasteiger partial charge on any atom is 0.416 e. The lowest BCUT2D eigenvalue weighted by atomic mass is 10.0. The van der Waals surface area contributed by atoms with Gasteiger partial charge in [-0.25, -0.2) is 9.67 Å². The summed E-state index contributed by atoms with van der Waals surface area (Å²) in [5.74, 6) is 0.796. The molecule has 1 N–H and O–H groups in total. The molecule has 27 heavy (non-hydrogen) atoms. The van der Waals surface area contributed by atoms with E-state index in [4.69, 9.17) is 4.74 Å². The van der Waals surface area contributed by atoms with Crippen molar-refractivity contribution in [2.45, 2.75) is 38.1 Å². The van der Waals surface area contributed by atoms with E-state index in [1.807, 2.05) is 0 Å². The van der Waals surface area contributed by atoms with Gasteiger partial charge in [0.25, 0.3) is 0 Å². The van der Waals surface area contributed by atoms with Crippen LogP contribution in [0.15, 0.2) is 24.3 Å². The van der Waals surface area contributed by atoms with Crippen LogP contribution in [-0.2, 0) is 18.3 Å². The quantitative estimate of drug-likeness (QED) is 0.755. The first-order valence-corrected chi connectivity index (χ1v) is 8.39. The van der Waals surface area contributed by atoms with Gasteiger partial charge in [-0.3, -0.25) is 0 Å². The van der Waals surface area contributed by atoms with Gasteiger partial charge in [-0.2, -0.15) is 23.3 Å². The smallest absolute Gasteiger partial charge is 0.416 e. The second-order valence-electron chi connectivity index (χ2n) is 6.60. The largest absolute Gasteiger partial charge is 0.480 e.